The third kappa shape index (κ3) is 9.92. The average molecular weight is 1100 g/mol. The van der Waals surface area contributed by atoms with Gasteiger partial charge in [0, 0.05) is 44.4 Å². The second-order valence-electron chi connectivity index (χ2n) is 26.5. The maximum absolute atomic E-state index is 2.62. The minimum absolute atomic E-state index is 0.105. The minimum Gasteiger partial charge on any atom is -0.330 e. The Balaban J connectivity index is 1.06. The van der Waals surface area contributed by atoms with Crippen LogP contribution in [0.25, 0.3) is 16.3 Å². The number of hydrogen-bond acceptors (Lipinski definition) is 2. The fraction of sp³-hybridized carbons (Fsp3) is 0.244. The van der Waals surface area contributed by atoms with Crippen molar-refractivity contribution in [3.8, 4) is 0 Å². The molecule has 1 atom stereocenters. The zero-order valence-corrected chi connectivity index (χ0v) is 51.5. The summed E-state index contributed by atoms with van der Waals surface area (Å²) in [6.45, 7) is 28.3. The fourth-order valence-electron chi connectivity index (χ4n) is 13.8. The van der Waals surface area contributed by atoms with E-state index in [9.17, 15) is 0 Å². The smallest absolute Gasteiger partial charge is 0.0785 e. The number of nitrogens with zero attached hydrogens (tertiary/aromatic N) is 2. The Morgan fingerprint density at radius 2 is 0.726 bits per heavy atom. The van der Waals surface area contributed by atoms with Gasteiger partial charge in [0.2, 0.25) is 0 Å². The molecule has 0 amide bonds. The van der Waals surface area contributed by atoms with Crippen molar-refractivity contribution in [2.24, 2.45) is 5.92 Å². The number of allylic oxidation sites excluding steroid dienone is 3. The van der Waals surface area contributed by atoms with Crippen LogP contribution in [-0.2, 0) is 28.1 Å². The van der Waals surface area contributed by atoms with Crippen molar-refractivity contribution in [1.82, 2.24) is 0 Å². The molecule has 10 aromatic rings. The van der Waals surface area contributed by atoms with Gasteiger partial charge in [-0.2, -0.15) is 0 Å². The molecule has 0 saturated heterocycles. The molecule has 0 N–H and O–H groups in total. The Labute approximate surface area is 501 Å². The van der Waals surface area contributed by atoms with Crippen molar-refractivity contribution in [3.05, 3.63) is 321 Å². The van der Waals surface area contributed by atoms with Crippen LogP contribution in [0.3, 0.4) is 0 Å². The van der Waals surface area contributed by atoms with Crippen LogP contribution in [0.1, 0.15) is 162 Å². The van der Waals surface area contributed by atoms with Crippen molar-refractivity contribution in [3.63, 3.8) is 0 Å². The van der Waals surface area contributed by atoms with Gasteiger partial charge in [0.05, 0.1) is 11.7 Å². The van der Waals surface area contributed by atoms with E-state index >= 15 is 0 Å². The molecular formula is C82H82N2. The SMILES string of the molecule is CC(C)C1=C2C=CC(N(c3ccc(C(C)(C)c4ccccc4)cc3)c3ccc(C(C)(C)c4ccccc4)cc3)c3cc(C(C)C)c4ccc(N(c5ccc(C(C)(C)c6ccccc6)cc5)c5ccc(C(C)(C)c6ccccc6)cc5)c(c4c32)C1. The topological polar surface area (TPSA) is 6.48 Å². The molecule has 0 aromatic heterocycles. The highest BCUT2D eigenvalue weighted by atomic mass is 15.2. The Morgan fingerprint density at radius 1 is 0.381 bits per heavy atom. The van der Waals surface area contributed by atoms with Gasteiger partial charge in [-0.05, 0) is 156 Å². The van der Waals surface area contributed by atoms with E-state index in [0.717, 1.165) is 29.2 Å². The number of hydrogen-bond donors (Lipinski definition) is 0. The van der Waals surface area contributed by atoms with E-state index in [-0.39, 0.29) is 33.6 Å². The summed E-state index contributed by atoms with van der Waals surface area (Å²) >= 11 is 0. The second kappa shape index (κ2) is 21.9. The molecule has 1 unspecified atom stereocenters. The Kier molecular flexibility index (Phi) is 14.6. The Hall–Kier alpha value is -8.46. The van der Waals surface area contributed by atoms with Gasteiger partial charge in [-0.3, -0.25) is 0 Å². The van der Waals surface area contributed by atoms with E-state index in [2.05, 4.69) is 342 Å². The molecule has 0 bridgehead atoms. The van der Waals surface area contributed by atoms with Gasteiger partial charge in [0.1, 0.15) is 0 Å². The van der Waals surface area contributed by atoms with Crippen molar-refractivity contribution in [2.45, 2.75) is 123 Å². The molecule has 0 fully saturated rings. The van der Waals surface area contributed by atoms with Crippen LogP contribution in [0.15, 0.2) is 254 Å². The van der Waals surface area contributed by atoms with Crippen LogP contribution in [0.4, 0.5) is 28.4 Å². The van der Waals surface area contributed by atoms with E-state index in [1.54, 1.807) is 0 Å². The molecule has 0 spiro atoms. The molecule has 420 valence electrons. The normalized spacial score (nSPS) is 14.4. The second-order valence-corrected chi connectivity index (χ2v) is 26.5. The van der Waals surface area contributed by atoms with Gasteiger partial charge < -0.3 is 9.80 Å². The van der Waals surface area contributed by atoms with Crippen molar-refractivity contribution in [2.75, 3.05) is 9.80 Å². The number of rotatable bonds is 16. The largest absolute Gasteiger partial charge is 0.330 e. The van der Waals surface area contributed by atoms with E-state index < -0.39 is 0 Å². The Bertz CT molecular complexity index is 3840. The molecule has 0 radical (unpaired) electrons. The number of benzene rings is 10. The van der Waals surface area contributed by atoms with Gasteiger partial charge in [-0.1, -0.05) is 283 Å². The lowest BCUT2D eigenvalue weighted by Crippen LogP contribution is -2.27. The summed E-state index contributed by atoms with van der Waals surface area (Å²) in [4.78, 5) is 5.17. The predicted molar refractivity (Wildman–Crippen MR) is 359 cm³/mol. The first-order chi connectivity index (χ1) is 40.3. The van der Waals surface area contributed by atoms with Crippen molar-refractivity contribution >= 4 is 44.8 Å². The standard InChI is InChI=1S/C82H82N2/c1-55(2)71-53-73-75(83(65-41-33-61(34-42-65)79(5,6)57-25-17-13-18-26-57)66-43-35-62(36-44-66)80(7,8)58-27-19-14-20-28-58)52-50-70-72(56(3)4)54-74-76(51-49-69(71)77(74)78(70)73)84(67-45-37-63(38-46-67)81(9,10)59-29-21-15-22-30-59)68-47-39-64(40-48-68)82(11,12)60-31-23-16-24-32-60/h13-53,55-56,75H,54H2,1-12H3. The molecule has 12 rings (SSSR count). The first-order valence-corrected chi connectivity index (χ1v) is 30.6. The predicted octanol–water partition coefficient (Wildman–Crippen LogP) is 22.2. The molecule has 0 heterocycles. The summed E-state index contributed by atoms with van der Waals surface area (Å²) in [6.07, 6.45) is 5.87. The van der Waals surface area contributed by atoms with Gasteiger partial charge in [0.25, 0.3) is 0 Å². The maximum Gasteiger partial charge on any atom is 0.0785 e. The summed E-state index contributed by atoms with van der Waals surface area (Å²) in [5.41, 5.74) is 23.9. The lowest BCUT2D eigenvalue weighted by atomic mass is 9.72. The van der Waals surface area contributed by atoms with Crippen LogP contribution >= 0.6 is 0 Å². The average Bonchev–Trinajstić information content (AvgIpc) is 1.42. The first kappa shape index (κ1) is 56.0. The van der Waals surface area contributed by atoms with Crippen LogP contribution in [0, 0.1) is 5.92 Å². The molecule has 10 aromatic carbocycles. The lowest BCUT2D eigenvalue weighted by Gasteiger charge is -2.40. The highest BCUT2D eigenvalue weighted by molar-refractivity contribution is 6.08. The van der Waals surface area contributed by atoms with Gasteiger partial charge in [-0.25, -0.2) is 0 Å². The van der Waals surface area contributed by atoms with Gasteiger partial charge in [0.15, 0.2) is 0 Å². The summed E-state index contributed by atoms with van der Waals surface area (Å²) in [6, 6.07) is 88.9. The summed E-state index contributed by atoms with van der Waals surface area (Å²) in [7, 11) is 0. The molecule has 84 heavy (non-hydrogen) atoms. The molecule has 2 aliphatic rings. The van der Waals surface area contributed by atoms with Gasteiger partial charge >= 0.3 is 0 Å². The third-order valence-corrected chi connectivity index (χ3v) is 19.4. The summed E-state index contributed by atoms with van der Waals surface area (Å²) in [5.74, 6) is 0.601. The van der Waals surface area contributed by atoms with Crippen molar-refractivity contribution < 1.29 is 0 Å². The van der Waals surface area contributed by atoms with E-state index in [1.807, 2.05) is 0 Å². The summed E-state index contributed by atoms with van der Waals surface area (Å²) in [5, 5.41) is 2.74. The molecule has 2 nitrogen and oxygen atoms in total. The molecular weight excluding hydrogens is 1010 g/mol. The fourth-order valence-corrected chi connectivity index (χ4v) is 13.8. The first-order valence-electron chi connectivity index (χ1n) is 30.6. The molecule has 2 heteroatoms. The van der Waals surface area contributed by atoms with Crippen LogP contribution < -0.4 is 9.80 Å². The summed E-state index contributed by atoms with van der Waals surface area (Å²) < 4.78 is 0. The van der Waals surface area contributed by atoms with E-state index in [1.165, 1.54) is 94.4 Å². The monoisotopic (exact) mass is 1090 g/mol. The van der Waals surface area contributed by atoms with Crippen LogP contribution in [-0.4, -0.2) is 0 Å². The van der Waals surface area contributed by atoms with E-state index in [4.69, 9.17) is 0 Å². The maximum atomic E-state index is 2.62. The molecule has 0 saturated carbocycles. The minimum atomic E-state index is -0.177. The van der Waals surface area contributed by atoms with Crippen molar-refractivity contribution in [1.29, 1.82) is 0 Å². The molecule has 0 aliphatic heterocycles. The number of anilines is 5. The lowest BCUT2D eigenvalue weighted by molar-refractivity contribution is 0.640. The zero-order chi connectivity index (χ0) is 58.7. The van der Waals surface area contributed by atoms with Gasteiger partial charge in [-0.15, -0.1) is 0 Å². The third-order valence-electron chi connectivity index (χ3n) is 19.4. The zero-order valence-electron chi connectivity index (χ0n) is 51.5. The van der Waals surface area contributed by atoms with Crippen LogP contribution in [0.5, 0.6) is 0 Å². The quantitative estimate of drug-likeness (QED) is 0.0951. The highest BCUT2D eigenvalue weighted by Gasteiger charge is 2.37. The highest BCUT2D eigenvalue weighted by Crippen LogP contribution is 2.54. The van der Waals surface area contributed by atoms with Crippen LogP contribution in [0.2, 0.25) is 0 Å². The molecule has 2 aliphatic carbocycles. The Morgan fingerprint density at radius 3 is 1.07 bits per heavy atom. The van der Waals surface area contributed by atoms with E-state index in [0.29, 0.717) is 5.92 Å².